The number of benzene rings is 2. The van der Waals surface area contributed by atoms with E-state index in [0.29, 0.717) is 27.9 Å². The Morgan fingerprint density at radius 1 is 1.24 bits per heavy atom. The fourth-order valence-electron chi connectivity index (χ4n) is 2.69. The third-order valence-corrected chi connectivity index (χ3v) is 5.05. The van der Waals surface area contributed by atoms with E-state index >= 15 is 0 Å². The van der Waals surface area contributed by atoms with Gasteiger partial charge >= 0.3 is 5.97 Å². The van der Waals surface area contributed by atoms with Crippen LogP contribution in [-0.2, 0) is 9.53 Å². The lowest BCUT2D eigenvalue weighted by molar-refractivity contribution is -0.122. The maximum atomic E-state index is 12.7. The normalized spacial score (nSPS) is 16.8. The first-order valence-electron chi connectivity index (χ1n) is 9.27. The lowest BCUT2D eigenvalue weighted by Gasteiger charge is -2.12. The van der Waals surface area contributed by atoms with Gasteiger partial charge in [-0.3, -0.25) is 9.69 Å². The molecule has 150 valence electrons. The van der Waals surface area contributed by atoms with Crippen molar-refractivity contribution in [1.82, 2.24) is 4.90 Å². The second-order valence-electron chi connectivity index (χ2n) is 6.65. The summed E-state index contributed by atoms with van der Waals surface area (Å²) in [5.74, 6) is -0.358. The van der Waals surface area contributed by atoms with Gasteiger partial charge in [-0.1, -0.05) is 18.2 Å². The van der Waals surface area contributed by atoms with Gasteiger partial charge in [0.2, 0.25) is 0 Å². The Morgan fingerprint density at radius 3 is 2.62 bits per heavy atom. The lowest BCUT2D eigenvalue weighted by atomic mass is 10.2. The molecule has 29 heavy (non-hydrogen) atoms. The van der Waals surface area contributed by atoms with E-state index in [9.17, 15) is 14.7 Å². The van der Waals surface area contributed by atoms with E-state index in [4.69, 9.17) is 4.74 Å². The molecular weight excluding hydrogens is 388 g/mol. The van der Waals surface area contributed by atoms with Gasteiger partial charge in [0, 0.05) is 6.54 Å². The van der Waals surface area contributed by atoms with Crippen molar-refractivity contribution in [3.63, 3.8) is 0 Å². The van der Waals surface area contributed by atoms with Crippen molar-refractivity contribution in [1.29, 1.82) is 0 Å². The van der Waals surface area contributed by atoms with Crippen LogP contribution in [0, 0.1) is 0 Å². The molecule has 2 aromatic rings. The first kappa shape index (κ1) is 20.7. The zero-order valence-electron chi connectivity index (χ0n) is 16.5. The van der Waals surface area contributed by atoms with Crippen molar-refractivity contribution < 1.29 is 19.4 Å². The molecule has 7 heteroatoms. The fraction of sp³-hybridized carbons (Fsp3) is 0.227. The van der Waals surface area contributed by atoms with Crippen molar-refractivity contribution in [2.75, 3.05) is 6.54 Å². The summed E-state index contributed by atoms with van der Waals surface area (Å²) in [6.45, 7) is 5.95. The molecule has 0 saturated carbocycles. The first-order chi connectivity index (χ1) is 13.9. The molecule has 1 saturated heterocycles. The minimum absolute atomic E-state index is 0.125. The highest BCUT2D eigenvalue weighted by Gasteiger charge is 2.32. The predicted octanol–water partition coefficient (Wildman–Crippen LogP) is 4.58. The topological polar surface area (TPSA) is 79.2 Å². The van der Waals surface area contributed by atoms with Crippen molar-refractivity contribution in [3.8, 4) is 5.75 Å². The number of carbonyl (C=O) groups is 2. The Morgan fingerprint density at radius 2 is 1.97 bits per heavy atom. The molecule has 1 aliphatic heterocycles. The quantitative estimate of drug-likeness (QED) is 0.576. The number of aliphatic imine (C=N–C) groups is 1. The molecular formula is C22H22N2O4S. The minimum atomic E-state index is -0.405. The predicted molar refractivity (Wildman–Crippen MR) is 115 cm³/mol. The molecule has 1 amide bonds. The second kappa shape index (κ2) is 8.96. The van der Waals surface area contributed by atoms with Gasteiger partial charge in [0.05, 0.1) is 22.3 Å². The number of nitrogens with zero attached hydrogens (tertiary/aromatic N) is 2. The monoisotopic (exact) mass is 410 g/mol. The number of phenolic OH excluding ortho intramolecular Hbond substituents is 1. The van der Waals surface area contributed by atoms with Crippen LogP contribution in [-0.4, -0.2) is 39.7 Å². The van der Waals surface area contributed by atoms with Crippen LogP contribution in [0.2, 0.25) is 0 Å². The van der Waals surface area contributed by atoms with Gasteiger partial charge in [0.15, 0.2) is 5.17 Å². The number of thioether (sulfide) groups is 1. The molecule has 6 nitrogen and oxygen atoms in total. The Balaban J connectivity index is 1.88. The summed E-state index contributed by atoms with van der Waals surface area (Å²) in [5, 5.41) is 9.96. The largest absolute Gasteiger partial charge is 0.508 e. The molecule has 1 aliphatic rings. The summed E-state index contributed by atoms with van der Waals surface area (Å²) in [4.78, 5) is 31.6. The lowest BCUT2D eigenvalue weighted by Crippen LogP contribution is -2.28. The molecule has 0 bridgehead atoms. The highest BCUT2D eigenvalue weighted by Crippen LogP contribution is 2.34. The van der Waals surface area contributed by atoms with Gasteiger partial charge in [-0.05, 0) is 74.5 Å². The van der Waals surface area contributed by atoms with Crippen molar-refractivity contribution in [3.05, 3.63) is 64.6 Å². The van der Waals surface area contributed by atoms with Crippen LogP contribution in [0.1, 0.15) is 36.7 Å². The summed E-state index contributed by atoms with van der Waals surface area (Å²) in [6.07, 6.45) is 1.57. The Hall–Kier alpha value is -3.06. The number of phenols is 1. The first-order valence-corrected chi connectivity index (χ1v) is 10.1. The molecule has 2 aromatic carbocycles. The van der Waals surface area contributed by atoms with Gasteiger partial charge in [-0.2, -0.15) is 0 Å². The number of likely N-dealkylation sites (N-methyl/N-ethyl adjacent to an activating group) is 1. The maximum Gasteiger partial charge on any atom is 0.338 e. The molecule has 0 atom stereocenters. The minimum Gasteiger partial charge on any atom is -0.508 e. The fourth-order valence-corrected chi connectivity index (χ4v) is 3.75. The Labute approximate surface area is 173 Å². The second-order valence-corrected chi connectivity index (χ2v) is 7.66. The van der Waals surface area contributed by atoms with Gasteiger partial charge in [-0.15, -0.1) is 0 Å². The number of hydrogen-bond donors (Lipinski definition) is 1. The van der Waals surface area contributed by atoms with Crippen molar-refractivity contribution >= 4 is 40.6 Å². The van der Waals surface area contributed by atoms with E-state index in [1.54, 1.807) is 73.4 Å². The highest BCUT2D eigenvalue weighted by atomic mass is 32.2. The van der Waals surface area contributed by atoms with Gasteiger partial charge in [-0.25, -0.2) is 9.79 Å². The van der Waals surface area contributed by atoms with E-state index in [2.05, 4.69) is 4.99 Å². The Kier molecular flexibility index (Phi) is 6.39. The van der Waals surface area contributed by atoms with E-state index in [1.807, 2.05) is 6.92 Å². The van der Waals surface area contributed by atoms with Crippen LogP contribution in [0.15, 0.2) is 58.4 Å². The van der Waals surface area contributed by atoms with Crippen molar-refractivity contribution in [2.45, 2.75) is 26.9 Å². The number of aromatic hydroxyl groups is 1. The van der Waals surface area contributed by atoms with Crippen molar-refractivity contribution in [2.24, 2.45) is 4.99 Å². The average molecular weight is 410 g/mol. The van der Waals surface area contributed by atoms with Crippen LogP contribution < -0.4 is 0 Å². The summed E-state index contributed by atoms with van der Waals surface area (Å²) in [7, 11) is 0. The summed E-state index contributed by atoms with van der Waals surface area (Å²) < 4.78 is 5.23. The molecule has 3 rings (SSSR count). The SMILES string of the molecule is CCN1C(=O)/C(=C\c2ccc(O)cc2)SC1=Nc1cccc(C(=O)OC(C)C)c1. The Bertz CT molecular complexity index is 981. The number of amidine groups is 1. The van der Waals surface area contributed by atoms with Crippen LogP contribution >= 0.6 is 11.8 Å². The number of esters is 1. The number of ether oxygens (including phenoxy) is 1. The smallest absolute Gasteiger partial charge is 0.338 e. The third-order valence-electron chi connectivity index (χ3n) is 4.04. The summed E-state index contributed by atoms with van der Waals surface area (Å²) >= 11 is 1.28. The molecule has 0 unspecified atom stereocenters. The van der Waals surface area contributed by atoms with E-state index in [1.165, 1.54) is 11.8 Å². The van der Waals surface area contributed by atoms with Gasteiger partial charge < -0.3 is 9.84 Å². The van der Waals surface area contributed by atoms with E-state index < -0.39 is 5.97 Å². The molecule has 0 spiro atoms. The number of hydrogen-bond acceptors (Lipinski definition) is 6. The molecule has 0 aliphatic carbocycles. The van der Waals surface area contributed by atoms with Gasteiger partial charge in [0.25, 0.3) is 5.91 Å². The molecule has 1 fully saturated rings. The third kappa shape index (κ3) is 5.06. The van der Waals surface area contributed by atoms with Crippen LogP contribution in [0.5, 0.6) is 5.75 Å². The highest BCUT2D eigenvalue weighted by molar-refractivity contribution is 8.18. The zero-order valence-corrected chi connectivity index (χ0v) is 17.3. The molecule has 0 aromatic heterocycles. The summed E-state index contributed by atoms with van der Waals surface area (Å²) in [5.41, 5.74) is 1.80. The molecule has 0 radical (unpaired) electrons. The van der Waals surface area contributed by atoms with Crippen LogP contribution in [0.4, 0.5) is 5.69 Å². The number of rotatable bonds is 5. The standard InChI is InChI=1S/C22H22N2O4S/c1-4-24-20(26)19(12-15-8-10-18(25)11-9-15)29-22(24)23-17-7-5-6-16(13-17)21(27)28-14(2)3/h5-14,25H,4H2,1-3H3/b19-12+,23-22?. The molecule has 1 N–H and O–H groups in total. The van der Waals surface area contributed by atoms with E-state index in [0.717, 1.165) is 5.56 Å². The van der Waals surface area contributed by atoms with Crippen LogP contribution in [0.3, 0.4) is 0 Å². The van der Waals surface area contributed by atoms with Crippen LogP contribution in [0.25, 0.3) is 6.08 Å². The number of amides is 1. The summed E-state index contributed by atoms with van der Waals surface area (Å²) in [6, 6.07) is 13.5. The van der Waals surface area contributed by atoms with Gasteiger partial charge in [0.1, 0.15) is 5.75 Å². The maximum absolute atomic E-state index is 12.7. The molecule has 1 heterocycles. The average Bonchev–Trinajstić information content (AvgIpc) is 2.97. The number of carbonyl (C=O) groups excluding carboxylic acids is 2. The zero-order chi connectivity index (χ0) is 21.0. The van der Waals surface area contributed by atoms with E-state index in [-0.39, 0.29) is 17.8 Å².